The Kier molecular flexibility index (Phi) is 6.33. The Balaban J connectivity index is 1.77. The molecule has 0 N–H and O–H groups in total. The standard InChI is InChI=1S/C20H18N4O3S/c1-2-11-23-19(25)18(13-16-9-6-10-17(12-16)24(26)27)28-20(23)22-21-14-15-7-4-3-5-8-15/h2-10,12,14,18H,1,11,13H2/b21-14+,22-20+. The zero-order valence-electron chi connectivity index (χ0n) is 15.0. The van der Waals surface area contributed by atoms with Crippen molar-refractivity contribution in [3.63, 3.8) is 0 Å². The first-order valence-electron chi connectivity index (χ1n) is 8.57. The lowest BCUT2D eigenvalue weighted by molar-refractivity contribution is -0.384. The summed E-state index contributed by atoms with van der Waals surface area (Å²) in [5, 5.41) is 19.3. The summed E-state index contributed by atoms with van der Waals surface area (Å²) < 4.78 is 0. The van der Waals surface area contributed by atoms with Crippen molar-refractivity contribution in [3.05, 3.63) is 88.5 Å². The van der Waals surface area contributed by atoms with Gasteiger partial charge in [0, 0.05) is 18.7 Å². The third kappa shape index (κ3) is 4.72. The molecule has 7 nitrogen and oxygen atoms in total. The lowest BCUT2D eigenvalue weighted by Gasteiger charge is -2.12. The monoisotopic (exact) mass is 394 g/mol. The maximum Gasteiger partial charge on any atom is 0.269 e. The second kappa shape index (κ2) is 9.09. The highest BCUT2D eigenvalue weighted by atomic mass is 32.2. The SMILES string of the molecule is C=CCN1C(=O)C(Cc2cccc([N+](=O)[O-])c2)S/C1=N/N=C/c1ccccc1. The molecule has 1 amide bonds. The summed E-state index contributed by atoms with van der Waals surface area (Å²) in [6, 6.07) is 15.9. The van der Waals surface area contributed by atoms with Crippen molar-refractivity contribution in [3.8, 4) is 0 Å². The molecule has 8 heteroatoms. The van der Waals surface area contributed by atoms with Crippen LogP contribution in [0.15, 0.2) is 77.5 Å². The quantitative estimate of drug-likeness (QED) is 0.310. The van der Waals surface area contributed by atoms with Crippen molar-refractivity contribution in [2.24, 2.45) is 10.2 Å². The van der Waals surface area contributed by atoms with Crippen molar-refractivity contribution < 1.29 is 9.72 Å². The number of carbonyl (C=O) groups excluding carboxylic acids is 1. The zero-order chi connectivity index (χ0) is 19.9. The van der Waals surface area contributed by atoms with E-state index in [2.05, 4.69) is 16.8 Å². The number of nitro benzene ring substituents is 1. The summed E-state index contributed by atoms with van der Waals surface area (Å²) in [7, 11) is 0. The minimum Gasteiger partial charge on any atom is -0.285 e. The van der Waals surface area contributed by atoms with Gasteiger partial charge in [-0.2, -0.15) is 5.10 Å². The molecular weight excluding hydrogens is 376 g/mol. The van der Waals surface area contributed by atoms with E-state index in [4.69, 9.17) is 0 Å². The lowest BCUT2D eigenvalue weighted by atomic mass is 10.1. The molecule has 1 heterocycles. The highest BCUT2D eigenvalue weighted by molar-refractivity contribution is 8.15. The Morgan fingerprint density at radius 3 is 2.71 bits per heavy atom. The average Bonchev–Trinajstić information content (AvgIpc) is 2.98. The topological polar surface area (TPSA) is 88.2 Å². The maximum absolute atomic E-state index is 12.8. The number of amides is 1. The van der Waals surface area contributed by atoms with Crippen LogP contribution in [0.4, 0.5) is 5.69 Å². The molecule has 1 fully saturated rings. The first-order valence-corrected chi connectivity index (χ1v) is 9.45. The van der Waals surface area contributed by atoms with E-state index in [9.17, 15) is 14.9 Å². The van der Waals surface area contributed by atoms with Crippen molar-refractivity contribution in [2.45, 2.75) is 11.7 Å². The Morgan fingerprint density at radius 1 is 1.21 bits per heavy atom. The normalized spacial score (nSPS) is 18.1. The van der Waals surface area contributed by atoms with E-state index in [1.807, 2.05) is 30.3 Å². The van der Waals surface area contributed by atoms with E-state index in [1.54, 1.807) is 24.4 Å². The van der Waals surface area contributed by atoms with Gasteiger partial charge < -0.3 is 0 Å². The number of thioether (sulfide) groups is 1. The van der Waals surface area contributed by atoms with Crippen LogP contribution in [0.5, 0.6) is 0 Å². The fourth-order valence-electron chi connectivity index (χ4n) is 2.71. The molecule has 2 aromatic carbocycles. The smallest absolute Gasteiger partial charge is 0.269 e. The minimum atomic E-state index is -0.442. The lowest BCUT2D eigenvalue weighted by Crippen LogP contribution is -2.32. The Bertz CT molecular complexity index is 943. The third-order valence-electron chi connectivity index (χ3n) is 4.02. The predicted molar refractivity (Wildman–Crippen MR) is 112 cm³/mol. The van der Waals surface area contributed by atoms with Crippen LogP contribution in [0.3, 0.4) is 0 Å². The third-order valence-corrected chi connectivity index (χ3v) is 5.19. The van der Waals surface area contributed by atoms with Gasteiger partial charge in [0.15, 0.2) is 5.17 Å². The summed E-state index contributed by atoms with van der Waals surface area (Å²) >= 11 is 1.31. The molecule has 3 rings (SSSR count). The van der Waals surface area contributed by atoms with Crippen LogP contribution in [0.1, 0.15) is 11.1 Å². The van der Waals surface area contributed by atoms with E-state index >= 15 is 0 Å². The highest BCUT2D eigenvalue weighted by Crippen LogP contribution is 2.30. The van der Waals surface area contributed by atoms with E-state index in [0.717, 1.165) is 11.1 Å². The zero-order valence-corrected chi connectivity index (χ0v) is 15.8. The largest absolute Gasteiger partial charge is 0.285 e. The number of rotatable bonds is 7. The molecule has 0 saturated carbocycles. The van der Waals surface area contributed by atoms with Gasteiger partial charge in [0.05, 0.1) is 16.4 Å². The Morgan fingerprint density at radius 2 is 2.00 bits per heavy atom. The molecule has 0 spiro atoms. The fraction of sp³-hybridized carbons (Fsp3) is 0.150. The number of hydrogen-bond acceptors (Lipinski definition) is 6. The Hall–Kier alpha value is -3.26. The molecular formula is C20H18N4O3S. The van der Waals surface area contributed by atoms with Gasteiger partial charge in [-0.3, -0.25) is 19.8 Å². The van der Waals surface area contributed by atoms with Crippen molar-refractivity contribution in [2.75, 3.05) is 6.54 Å². The maximum atomic E-state index is 12.8. The van der Waals surface area contributed by atoms with Crippen LogP contribution in [0.25, 0.3) is 0 Å². The molecule has 0 aromatic heterocycles. The number of amidine groups is 1. The molecule has 1 unspecified atom stereocenters. The van der Waals surface area contributed by atoms with Crippen LogP contribution < -0.4 is 0 Å². The van der Waals surface area contributed by atoms with Crippen LogP contribution in [0, 0.1) is 10.1 Å². The summed E-state index contributed by atoms with van der Waals surface area (Å²) in [5.74, 6) is -0.106. The number of carbonyl (C=O) groups is 1. The summed E-state index contributed by atoms with van der Waals surface area (Å²) in [5.41, 5.74) is 1.65. The van der Waals surface area contributed by atoms with E-state index in [1.165, 1.54) is 28.8 Å². The van der Waals surface area contributed by atoms with Crippen LogP contribution in [-0.4, -0.2) is 38.9 Å². The van der Waals surface area contributed by atoms with Crippen LogP contribution in [0.2, 0.25) is 0 Å². The van der Waals surface area contributed by atoms with Crippen molar-refractivity contribution in [1.29, 1.82) is 0 Å². The molecule has 2 aromatic rings. The van der Waals surface area contributed by atoms with Gasteiger partial charge in [0.1, 0.15) is 0 Å². The van der Waals surface area contributed by atoms with Crippen molar-refractivity contribution >= 4 is 34.7 Å². The fourth-order valence-corrected chi connectivity index (χ4v) is 3.85. The number of hydrogen-bond donors (Lipinski definition) is 0. The van der Waals surface area contributed by atoms with Gasteiger partial charge in [-0.05, 0) is 17.5 Å². The van der Waals surface area contributed by atoms with Gasteiger partial charge in [-0.15, -0.1) is 11.7 Å². The molecule has 1 aliphatic rings. The second-order valence-electron chi connectivity index (χ2n) is 6.01. The van der Waals surface area contributed by atoms with Gasteiger partial charge in [0.2, 0.25) is 5.91 Å². The predicted octanol–water partition coefficient (Wildman–Crippen LogP) is 3.66. The van der Waals surface area contributed by atoms with E-state index in [-0.39, 0.29) is 11.6 Å². The first kappa shape index (κ1) is 19.5. The molecule has 0 radical (unpaired) electrons. The van der Waals surface area contributed by atoms with Crippen molar-refractivity contribution in [1.82, 2.24) is 4.90 Å². The number of nitro groups is 1. The molecule has 0 bridgehead atoms. The highest BCUT2D eigenvalue weighted by Gasteiger charge is 2.37. The average molecular weight is 394 g/mol. The van der Waals surface area contributed by atoms with E-state index in [0.29, 0.717) is 18.1 Å². The molecule has 1 atom stereocenters. The van der Waals surface area contributed by atoms with E-state index < -0.39 is 10.2 Å². The molecule has 142 valence electrons. The Labute approximate surface area is 166 Å². The van der Waals surface area contributed by atoms with Gasteiger partial charge in [-0.1, -0.05) is 60.3 Å². The second-order valence-corrected chi connectivity index (χ2v) is 7.18. The molecule has 1 saturated heterocycles. The molecule has 28 heavy (non-hydrogen) atoms. The summed E-state index contributed by atoms with van der Waals surface area (Å²) in [6.45, 7) is 4.02. The summed E-state index contributed by atoms with van der Waals surface area (Å²) in [6.07, 6.45) is 3.63. The molecule has 0 aliphatic carbocycles. The van der Waals surface area contributed by atoms with Crippen LogP contribution in [-0.2, 0) is 11.2 Å². The number of nitrogens with zero attached hydrogens (tertiary/aromatic N) is 4. The minimum absolute atomic E-state index is 0.0113. The van der Waals surface area contributed by atoms with Crippen LogP contribution >= 0.6 is 11.8 Å². The molecule has 1 aliphatic heterocycles. The first-order chi connectivity index (χ1) is 13.6. The van der Waals surface area contributed by atoms with Gasteiger partial charge in [0.25, 0.3) is 5.69 Å². The number of non-ortho nitro benzene ring substituents is 1. The number of benzene rings is 2. The summed E-state index contributed by atoms with van der Waals surface area (Å²) in [4.78, 5) is 24.8. The van der Waals surface area contributed by atoms with Gasteiger partial charge in [-0.25, -0.2) is 0 Å². The van der Waals surface area contributed by atoms with Gasteiger partial charge >= 0.3 is 0 Å².